The maximum atomic E-state index is 12.3. The highest BCUT2D eigenvalue weighted by atomic mass is 127. The zero-order chi connectivity index (χ0) is 12.3. The summed E-state index contributed by atoms with van der Waals surface area (Å²) in [6.45, 7) is 3.99. The zero-order valence-corrected chi connectivity index (χ0v) is 12.4. The number of carbonyl (C=O) groups is 1. The first kappa shape index (κ1) is 12.9. The highest BCUT2D eigenvalue weighted by Gasteiger charge is 2.23. The van der Waals surface area contributed by atoms with Crippen molar-refractivity contribution >= 4 is 28.5 Å². The van der Waals surface area contributed by atoms with Crippen molar-refractivity contribution in [2.45, 2.75) is 32.6 Å². The van der Waals surface area contributed by atoms with Gasteiger partial charge in [-0.2, -0.15) is 0 Å². The third kappa shape index (κ3) is 3.00. The van der Waals surface area contributed by atoms with Gasteiger partial charge in [-0.3, -0.25) is 4.79 Å². The summed E-state index contributed by atoms with van der Waals surface area (Å²) in [5, 5.41) is 0. The van der Waals surface area contributed by atoms with Gasteiger partial charge in [-0.1, -0.05) is 25.8 Å². The van der Waals surface area contributed by atoms with Crippen LogP contribution in [0.5, 0.6) is 0 Å². The molecule has 0 aromatic heterocycles. The van der Waals surface area contributed by atoms with Crippen LogP contribution in [0.3, 0.4) is 0 Å². The summed E-state index contributed by atoms with van der Waals surface area (Å²) in [5.74, 6) is 0.223. The van der Waals surface area contributed by atoms with Crippen molar-refractivity contribution in [1.29, 1.82) is 0 Å². The van der Waals surface area contributed by atoms with E-state index in [1.54, 1.807) is 0 Å². The topological polar surface area (TPSA) is 20.3 Å². The van der Waals surface area contributed by atoms with Crippen LogP contribution in [-0.2, 0) is 6.42 Å². The molecule has 92 valence electrons. The summed E-state index contributed by atoms with van der Waals surface area (Å²) in [5.41, 5.74) is 2.13. The van der Waals surface area contributed by atoms with Gasteiger partial charge in [0.2, 0.25) is 0 Å². The summed E-state index contributed by atoms with van der Waals surface area (Å²) in [7, 11) is 0. The third-order valence-corrected chi connectivity index (χ3v) is 3.94. The van der Waals surface area contributed by atoms with E-state index < -0.39 is 0 Å². The van der Waals surface area contributed by atoms with Crippen LogP contribution in [-0.4, -0.2) is 23.9 Å². The molecule has 2 rings (SSSR count). The minimum absolute atomic E-state index is 0.223. The molecule has 0 bridgehead atoms. The number of hydrogen-bond donors (Lipinski definition) is 0. The van der Waals surface area contributed by atoms with E-state index in [4.69, 9.17) is 0 Å². The Hall–Kier alpha value is -0.580. The highest BCUT2D eigenvalue weighted by Crippen LogP contribution is 2.21. The zero-order valence-electron chi connectivity index (χ0n) is 10.2. The Morgan fingerprint density at radius 2 is 2.18 bits per heavy atom. The molecule has 0 saturated carbocycles. The van der Waals surface area contributed by atoms with E-state index in [9.17, 15) is 4.79 Å². The molecule has 0 radical (unpaired) electrons. The van der Waals surface area contributed by atoms with Gasteiger partial charge in [0.25, 0.3) is 5.91 Å². The van der Waals surface area contributed by atoms with Gasteiger partial charge in [0.05, 0.1) is 0 Å². The van der Waals surface area contributed by atoms with Crippen molar-refractivity contribution in [2.24, 2.45) is 0 Å². The van der Waals surface area contributed by atoms with Crippen LogP contribution in [0.25, 0.3) is 0 Å². The normalized spacial score (nSPS) is 14.9. The SMILES string of the molecule is CCCCCN1CCc2ccc(I)cc2C1=O. The van der Waals surface area contributed by atoms with Gasteiger partial charge in [-0.05, 0) is 53.1 Å². The van der Waals surface area contributed by atoms with E-state index in [2.05, 4.69) is 41.6 Å². The Morgan fingerprint density at radius 1 is 1.35 bits per heavy atom. The Kier molecular flexibility index (Phi) is 4.42. The van der Waals surface area contributed by atoms with Gasteiger partial charge in [0.15, 0.2) is 0 Å². The Balaban J connectivity index is 2.09. The molecule has 3 heteroatoms. The fraction of sp³-hybridized carbons (Fsp3) is 0.500. The van der Waals surface area contributed by atoms with Gasteiger partial charge >= 0.3 is 0 Å². The van der Waals surface area contributed by atoms with Crippen molar-refractivity contribution in [1.82, 2.24) is 4.90 Å². The average molecular weight is 343 g/mol. The lowest BCUT2D eigenvalue weighted by Gasteiger charge is -2.28. The van der Waals surface area contributed by atoms with Crippen LogP contribution in [0.1, 0.15) is 42.1 Å². The second-order valence-electron chi connectivity index (χ2n) is 4.55. The molecule has 0 fully saturated rings. The maximum absolute atomic E-state index is 12.3. The first-order valence-electron chi connectivity index (χ1n) is 6.30. The van der Waals surface area contributed by atoms with Gasteiger partial charge in [0, 0.05) is 22.2 Å². The van der Waals surface area contributed by atoms with E-state index in [1.807, 2.05) is 11.0 Å². The average Bonchev–Trinajstić information content (AvgIpc) is 2.33. The van der Waals surface area contributed by atoms with E-state index in [0.717, 1.165) is 35.1 Å². The van der Waals surface area contributed by atoms with Crippen LogP contribution < -0.4 is 0 Å². The molecule has 1 aromatic rings. The summed E-state index contributed by atoms with van der Waals surface area (Å²) in [6, 6.07) is 6.20. The Bertz CT molecular complexity index is 417. The van der Waals surface area contributed by atoms with E-state index in [1.165, 1.54) is 18.4 Å². The summed E-state index contributed by atoms with van der Waals surface area (Å²) in [4.78, 5) is 14.3. The molecular formula is C14H18INO. The Labute approximate surface area is 117 Å². The second kappa shape index (κ2) is 5.85. The predicted molar refractivity (Wildman–Crippen MR) is 78.3 cm³/mol. The number of benzene rings is 1. The van der Waals surface area contributed by atoms with Gasteiger partial charge in [-0.15, -0.1) is 0 Å². The van der Waals surface area contributed by atoms with Gasteiger partial charge < -0.3 is 4.90 Å². The van der Waals surface area contributed by atoms with Crippen molar-refractivity contribution in [2.75, 3.05) is 13.1 Å². The van der Waals surface area contributed by atoms with Crippen LogP contribution in [0.15, 0.2) is 18.2 Å². The predicted octanol–water partition coefficient (Wildman–Crippen LogP) is 3.48. The molecule has 1 amide bonds. The third-order valence-electron chi connectivity index (χ3n) is 3.27. The van der Waals surface area contributed by atoms with E-state index >= 15 is 0 Å². The fourth-order valence-corrected chi connectivity index (χ4v) is 2.75. The first-order valence-corrected chi connectivity index (χ1v) is 7.38. The molecule has 0 unspecified atom stereocenters. The van der Waals surface area contributed by atoms with Gasteiger partial charge in [0.1, 0.15) is 0 Å². The van der Waals surface area contributed by atoms with Crippen molar-refractivity contribution in [3.05, 3.63) is 32.9 Å². The number of hydrogen-bond acceptors (Lipinski definition) is 1. The van der Waals surface area contributed by atoms with Crippen LogP contribution >= 0.6 is 22.6 Å². The standard InChI is InChI=1S/C14H18INO/c1-2-3-4-8-16-9-7-11-5-6-12(15)10-13(11)14(16)17/h5-6,10H,2-4,7-9H2,1H3. The number of carbonyl (C=O) groups excluding carboxylic acids is 1. The highest BCUT2D eigenvalue weighted by molar-refractivity contribution is 14.1. The second-order valence-corrected chi connectivity index (χ2v) is 5.80. The number of halogens is 1. The number of unbranched alkanes of at least 4 members (excludes halogenated alkanes) is 2. The number of amides is 1. The molecule has 1 heterocycles. The minimum Gasteiger partial charge on any atom is -0.338 e. The summed E-state index contributed by atoms with van der Waals surface area (Å²) in [6.07, 6.45) is 4.55. The number of nitrogens with zero attached hydrogens (tertiary/aromatic N) is 1. The van der Waals surface area contributed by atoms with Crippen molar-refractivity contribution < 1.29 is 4.79 Å². The minimum atomic E-state index is 0.223. The lowest BCUT2D eigenvalue weighted by Crippen LogP contribution is -2.38. The lowest BCUT2D eigenvalue weighted by atomic mass is 9.99. The molecular weight excluding hydrogens is 325 g/mol. The lowest BCUT2D eigenvalue weighted by molar-refractivity contribution is 0.0736. The number of rotatable bonds is 4. The van der Waals surface area contributed by atoms with E-state index in [-0.39, 0.29) is 5.91 Å². The van der Waals surface area contributed by atoms with Crippen LogP contribution in [0.4, 0.5) is 0 Å². The smallest absolute Gasteiger partial charge is 0.254 e. The largest absolute Gasteiger partial charge is 0.338 e. The van der Waals surface area contributed by atoms with Crippen LogP contribution in [0.2, 0.25) is 0 Å². The molecule has 0 saturated heterocycles. The van der Waals surface area contributed by atoms with E-state index in [0.29, 0.717) is 0 Å². The van der Waals surface area contributed by atoms with Crippen molar-refractivity contribution in [3.63, 3.8) is 0 Å². The Morgan fingerprint density at radius 3 is 2.94 bits per heavy atom. The quantitative estimate of drug-likeness (QED) is 0.606. The molecule has 0 spiro atoms. The molecule has 1 aromatic carbocycles. The molecule has 1 aliphatic rings. The fourth-order valence-electron chi connectivity index (χ4n) is 2.26. The molecule has 0 aliphatic carbocycles. The van der Waals surface area contributed by atoms with Crippen molar-refractivity contribution in [3.8, 4) is 0 Å². The molecule has 1 aliphatic heterocycles. The molecule has 17 heavy (non-hydrogen) atoms. The van der Waals surface area contributed by atoms with Gasteiger partial charge in [-0.25, -0.2) is 0 Å². The first-order chi connectivity index (χ1) is 8.22. The monoisotopic (exact) mass is 343 g/mol. The number of fused-ring (bicyclic) bond motifs is 1. The molecule has 0 N–H and O–H groups in total. The molecule has 0 atom stereocenters. The molecule has 2 nitrogen and oxygen atoms in total. The summed E-state index contributed by atoms with van der Waals surface area (Å²) < 4.78 is 1.14. The maximum Gasteiger partial charge on any atom is 0.254 e. The van der Waals surface area contributed by atoms with Crippen LogP contribution in [0, 0.1) is 3.57 Å². The summed E-state index contributed by atoms with van der Waals surface area (Å²) >= 11 is 2.27.